The van der Waals surface area contributed by atoms with Crippen molar-refractivity contribution in [1.29, 1.82) is 0 Å². The molecular formula is C19H18N2O4. The van der Waals surface area contributed by atoms with E-state index in [-0.39, 0.29) is 18.0 Å². The molecule has 2 rings (SSSR count). The van der Waals surface area contributed by atoms with E-state index < -0.39 is 11.8 Å². The fourth-order valence-electron chi connectivity index (χ4n) is 2.19. The summed E-state index contributed by atoms with van der Waals surface area (Å²) in [6, 6.07) is 13.0. The first kappa shape index (κ1) is 18.1. The van der Waals surface area contributed by atoms with Crippen molar-refractivity contribution in [3.05, 3.63) is 59.7 Å². The number of amides is 2. The molecule has 0 aliphatic heterocycles. The maximum absolute atomic E-state index is 12.0. The number of ketones is 2. The van der Waals surface area contributed by atoms with Crippen LogP contribution in [-0.2, 0) is 9.59 Å². The van der Waals surface area contributed by atoms with E-state index in [1.807, 2.05) is 0 Å². The fraction of sp³-hybridized carbons (Fsp3) is 0.158. The second-order valence-electron chi connectivity index (χ2n) is 5.55. The van der Waals surface area contributed by atoms with Gasteiger partial charge in [-0.3, -0.25) is 19.2 Å². The Morgan fingerprint density at radius 3 is 1.48 bits per heavy atom. The molecule has 0 aliphatic carbocycles. The van der Waals surface area contributed by atoms with Crippen LogP contribution >= 0.6 is 0 Å². The fourth-order valence-corrected chi connectivity index (χ4v) is 2.19. The van der Waals surface area contributed by atoms with Crippen LogP contribution in [0.15, 0.2) is 48.5 Å². The minimum atomic E-state index is -0.499. The van der Waals surface area contributed by atoms with Crippen LogP contribution in [0.4, 0.5) is 11.4 Å². The zero-order valence-corrected chi connectivity index (χ0v) is 14.0. The van der Waals surface area contributed by atoms with Gasteiger partial charge in [-0.1, -0.05) is 24.3 Å². The lowest BCUT2D eigenvalue weighted by molar-refractivity contribution is -0.123. The number of nitrogens with one attached hydrogen (secondary N) is 2. The van der Waals surface area contributed by atoms with Gasteiger partial charge in [-0.25, -0.2) is 0 Å². The third-order valence-electron chi connectivity index (χ3n) is 3.43. The molecule has 6 heteroatoms. The van der Waals surface area contributed by atoms with Gasteiger partial charge in [-0.05, 0) is 38.1 Å². The molecule has 0 saturated carbocycles. The van der Waals surface area contributed by atoms with Gasteiger partial charge >= 0.3 is 0 Å². The van der Waals surface area contributed by atoms with Gasteiger partial charge in [0.05, 0.1) is 0 Å². The van der Waals surface area contributed by atoms with Crippen molar-refractivity contribution in [2.24, 2.45) is 0 Å². The van der Waals surface area contributed by atoms with Gasteiger partial charge in [-0.15, -0.1) is 0 Å². The molecule has 0 fully saturated rings. The maximum Gasteiger partial charge on any atom is 0.233 e. The summed E-state index contributed by atoms with van der Waals surface area (Å²) in [6.07, 6.45) is -0.380. The van der Waals surface area contributed by atoms with E-state index in [0.29, 0.717) is 22.5 Å². The smallest absolute Gasteiger partial charge is 0.233 e. The lowest BCUT2D eigenvalue weighted by Crippen LogP contribution is -2.21. The number of hydrogen-bond donors (Lipinski definition) is 2. The molecule has 0 aromatic heterocycles. The number of Topliss-reactive ketones (excluding diaryl/α,β-unsaturated/α-hetero) is 2. The Morgan fingerprint density at radius 2 is 1.12 bits per heavy atom. The summed E-state index contributed by atoms with van der Waals surface area (Å²) in [4.78, 5) is 46.6. The van der Waals surface area contributed by atoms with Crippen molar-refractivity contribution in [2.75, 3.05) is 10.6 Å². The molecule has 128 valence electrons. The number of anilines is 2. The second kappa shape index (κ2) is 8.01. The first-order chi connectivity index (χ1) is 11.8. The summed E-state index contributed by atoms with van der Waals surface area (Å²) in [7, 11) is 0. The summed E-state index contributed by atoms with van der Waals surface area (Å²) in [5.74, 6) is -1.22. The van der Waals surface area contributed by atoms with Crippen LogP contribution in [0.2, 0.25) is 0 Å². The summed E-state index contributed by atoms with van der Waals surface area (Å²) < 4.78 is 0. The SMILES string of the molecule is CC(=O)c1cccc(NC(=O)CC(=O)Nc2cccc(C(C)=O)c2)c1. The molecule has 2 amide bonds. The average molecular weight is 338 g/mol. The highest BCUT2D eigenvalue weighted by Gasteiger charge is 2.11. The standard InChI is InChI=1S/C19H18N2O4/c1-12(22)14-5-3-7-16(9-14)20-18(24)11-19(25)21-17-8-4-6-15(10-17)13(2)23/h3-10H,11H2,1-2H3,(H,20,24)(H,21,25). The first-order valence-corrected chi connectivity index (χ1v) is 7.67. The highest BCUT2D eigenvalue weighted by Crippen LogP contribution is 2.13. The van der Waals surface area contributed by atoms with Gasteiger partial charge in [0, 0.05) is 22.5 Å². The van der Waals surface area contributed by atoms with Crippen LogP contribution < -0.4 is 10.6 Å². The minimum absolute atomic E-state index is 0.112. The van der Waals surface area contributed by atoms with Gasteiger partial charge in [0.25, 0.3) is 0 Å². The Kier molecular flexibility index (Phi) is 5.79. The summed E-state index contributed by atoms with van der Waals surface area (Å²) in [5, 5.41) is 5.15. The Labute approximate surface area is 145 Å². The number of carbonyl (C=O) groups is 4. The molecule has 0 atom stereocenters. The van der Waals surface area contributed by atoms with Crippen LogP contribution in [0.25, 0.3) is 0 Å². The summed E-state index contributed by atoms with van der Waals surface area (Å²) in [5.41, 5.74) is 1.85. The van der Waals surface area contributed by atoms with Crippen molar-refractivity contribution >= 4 is 34.8 Å². The van der Waals surface area contributed by atoms with Crippen LogP contribution in [0, 0.1) is 0 Å². The second-order valence-corrected chi connectivity index (χ2v) is 5.55. The first-order valence-electron chi connectivity index (χ1n) is 7.67. The van der Waals surface area contributed by atoms with Gasteiger partial charge in [0.2, 0.25) is 11.8 Å². The largest absolute Gasteiger partial charge is 0.326 e. The lowest BCUT2D eigenvalue weighted by atomic mass is 10.1. The molecule has 2 aromatic carbocycles. The third kappa shape index (κ3) is 5.39. The van der Waals surface area contributed by atoms with Gasteiger partial charge in [-0.2, -0.15) is 0 Å². The minimum Gasteiger partial charge on any atom is -0.326 e. The lowest BCUT2D eigenvalue weighted by Gasteiger charge is -2.08. The summed E-state index contributed by atoms with van der Waals surface area (Å²) in [6.45, 7) is 2.87. The highest BCUT2D eigenvalue weighted by molar-refractivity contribution is 6.08. The molecule has 0 bridgehead atoms. The van der Waals surface area contributed by atoms with E-state index in [1.165, 1.54) is 13.8 Å². The van der Waals surface area contributed by atoms with Crippen LogP contribution in [0.1, 0.15) is 41.0 Å². The van der Waals surface area contributed by atoms with Crippen molar-refractivity contribution in [3.63, 3.8) is 0 Å². The number of carbonyl (C=O) groups excluding carboxylic acids is 4. The molecule has 25 heavy (non-hydrogen) atoms. The van der Waals surface area contributed by atoms with Crippen LogP contribution in [-0.4, -0.2) is 23.4 Å². The summed E-state index contributed by atoms with van der Waals surface area (Å²) >= 11 is 0. The number of rotatable bonds is 6. The molecule has 2 N–H and O–H groups in total. The molecule has 0 saturated heterocycles. The Bertz CT molecular complexity index is 773. The van der Waals surface area contributed by atoms with Crippen molar-refractivity contribution in [3.8, 4) is 0 Å². The molecule has 0 spiro atoms. The topological polar surface area (TPSA) is 92.3 Å². The monoisotopic (exact) mass is 338 g/mol. The number of hydrogen-bond acceptors (Lipinski definition) is 4. The van der Waals surface area contributed by atoms with Crippen LogP contribution in [0.5, 0.6) is 0 Å². The normalized spacial score (nSPS) is 10.0. The van der Waals surface area contributed by atoms with E-state index in [4.69, 9.17) is 0 Å². The Balaban J connectivity index is 1.95. The van der Waals surface area contributed by atoms with Crippen LogP contribution in [0.3, 0.4) is 0 Å². The van der Waals surface area contributed by atoms with Gasteiger partial charge in [0.15, 0.2) is 11.6 Å². The quantitative estimate of drug-likeness (QED) is 0.625. The number of benzene rings is 2. The zero-order chi connectivity index (χ0) is 18.4. The van der Waals surface area contributed by atoms with E-state index in [2.05, 4.69) is 10.6 Å². The van der Waals surface area contributed by atoms with Crippen molar-refractivity contribution < 1.29 is 19.2 Å². The van der Waals surface area contributed by atoms with E-state index in [1.54, 1.807) is 48.5 Å². The van der Waals surface area contributed by atoms with Gasteiger partial charge in [0.1, 0.15) is 6.42 Å². The molecule has 6 nitrogen and oxygen atoms in total. The average Bonchev–Trinajstić information content (AvgIpc) is 2.54. The zero-order valence-electron chi connectivity index (χ0n) is 14.0. The highest BCUT2D eigenvalue weighted by atomic mass is 16.2. The third-order valence-corrected chi connectivity index (χ3v) is 3.43. The van der Waals surface area contributed by atoms with Crippen molar-refractivity contribution in [1.82, 2.24) is 0 Å². The van der Waals surface area contributed by atoms with Gasteiger partial charge < -0.3 is 10.6 Å². The van der Waals surface area contributed by atoms with E-state index in [9.17, 15) is 19.2 Å². The Morgan fingerprint density at radius 1 is 0.720 bits per heavy atom. The Hall–Kier alpha value is -3.28. The molecule has 0 heterocycles. The predicted octanol–water partition coefficient (Wildman–Crippen LogP) is 3.06. The molecule has 0 unspecified atom stereocenters. The van der Waals surface area contributed by atoms with Crippen molar-refractivity contribution in [2.45, 2.75) is 20.3 Å². The van der Waals surface area contributed by atoms with E-state index in [0.717, 1.165) is 0 Å². The molecule has 2 aromatic rings. The molecular weight excluding hydrogens is 320 g/mol. The van der Waals surface area contributed by atoms with E-state index >= 15 is 0 Å². The molecule has 0 aliphatic rings. The maximum atomic E-state index is 12.0. The predicted molar refractivity (Wildman–Crippen MR) is 94.8 cm³/mol. The molecule has 0 radical (unpaired) electrons.